The van der Waals surface area contributed by atoms with Crippen molar-refractivity contribution in [3.63, 3.8) is 0 Å². The maximum absolute atomic E-state index is 12.8. The first-order valence-electron chi connectivity index (χ1n) is 9.26. The summed E-state index contributed by atoms with van der Waals surface area (Å²) in [5.41, 5.74) is 5.87. The first-order valence-corrected chi connectivity index (χ1v) is 9.63. The maximum Gasteiger partial charge on any atom is 0.272 e. The monoisotopic (exact) mass is 399 g/mol. The zero-order valence-electron chi connectivity index (χ0n) is 16.0. The average Bonchev–Trinajstić information content (AvgIpc) is 3.28. The van der Waals surface area contributed by atoms with Crippen LogP contribution in [0.3, 0.4) is 0 Å². The van der Waals surface area contributed by atoms with Gasteiger partial charge in [0, 0.05) is 16.8 Å². The summed E-state index contributed by atoms with van der Waals surface area (Å²) in [7, 11) is 0. The Morgan fingerprint density at radius 1 is 1.43 bits per heavy atom. The number of nitrogens with zero attached hydrogens (tertiary/aromatic N) is 3. The number of hydrogen-bond acceptors (Lipinski definition) is 4. The molecule has 1 aliphatic rings. The summed E-state index contributed by atoms with van der Waals surface area (Å²) < 4.78 is 7.54. The van der Waals surface area contributed by atoms with Crippen molar-refractivity contribution in [2.45, 2.75) is 39.8 Å². The fourth-order valence-corrected chi connectivity index (χ4v) is 3.81. The highest BCUT2D eigenvalue weighted by Crippen LogP contribution is 2.30. The van der Waals surface area contributed by atoms with Gasteiger partial charge in [-0.2, -0.15) is 10.2 Å². The Bertz CT molecular complexity index is 1040. The third-order valence-electron chi connectivity index (χ3n) is 5.15. The number of aryl methyl sites for hydroxylation is 2. The van der Waals surface area contributed by atoms with E-state index in [1.54, 1.807) is 10.9 Å². The van der Waals surface area contributed by atoms with Gasteiger partial charge in [0.1, 0.15) is 0 Å². The van der Waals surface area contributed by atoms with Crippen molar-refractivity contribution >= 4 is 17.5 Å². The van der Waals surface area contributed by atoms with Crippen LogP contribution in [0.4, 0.5) is 0 Å². The fourth-order valence-electron chi connectivity index (χ4n) is 3.61. The lowest BCUT2D eigenvalue weighted by molar-refractivity contribution is 0.0684. The van der Waals surface area contributed by atoms with E-state index >= 15 is 0 Å². The second-order valence-corrected chi connectivity index (χ2v) is 7.31. The second-order valence-electron chi connectivity index (χ2n) is 6.94. The molecular formula is C20H22ClN5O2. The van der Waals surface area contributed by atoms with Gasteiger partial charge in [0.25, 0.3) is 5.91 Å². The molecule has 3 heterocycles. The summed E-state index contributed by atoms with van der Waals surface area (Å²) in [6.07, 6.45) is 2.51. The molecule has 1 amide bonds. The molecule has 1 aromatic carbocycles. The van der Waals surface area contributed by atoms with Crippen LogP contribution in [0.1, 0.15) is 51.5 Å². The number of halogens is 1. The van der Waals surface area contributed by atoms with Crippen molar-refractivity contribution < 1.29 is 9.53 Å². The Morgan fingerprint density at radius 2 is 2.25 bits per heavy atom. The minimum atomic E-state index is -0.296. The van der Waals surface area contributed by atoms with Gasteiger partial charge >= 0.3 is 0 Å². The SMILES string of the molecule is CCc1c(C(=O)N[C@@H]2COCc3c2cnn3-c2cccc(C)c2Cl)n[nH]c1C. The predicted molar refractivity (Wildman–Crippen MR) is 106 cm³/mol. The topological polar surface area (TPSA) is 84.8 Å². The first kappa shape index (κ1) is 18.7. The van der Waals surface area contributed by atoms with Gasteiger partial charge in [-0.05, 0) is 31.9 Å². The smallest absolute Gasteiger partial charge is 0.272 e. The highest BCUT2D eigenvalue weighted by Gasteiger charge is 2.29. The number of carbonyl (C=O) groups is 1. The van der Waals surface area contributed by atoms with Crippen LogP contribution in [-0.2, 0) is 17.8 Å². The number of aromatic amines is 1. The van der Waals surface area contributed by atoms with E-state index in [9.17, 15) is 4.79 Å². The predicted octanol–water partition coefficient (Wildman–Crippen LogP) is 3.43. The third kappa shape index (κ3) is 3.10. The number of aromatic nitrogens is 4. The van der Waals surface area contributed by atoms with Crippen molar-refractivity contribution in [2.24, 2.45) is 0 Å². The lowest BCUT2D eigenvalue weighted by Gasteiger charge is -2.24. The summed E-state index contributed by atoms with van der Waals surface area (Å²) in [5, 5.41) is 15.3. The van der Waals surface area contributed by atoms with Crippen molar-refractivity contribution in [1.82, 2.24) is 25.3 Å². The number of rotatable bonds is 4. The van der Waals surface area contributed by atoms with Gasteiger partial charge < -0.3 is 10.1 Å². The molecule has 146 valence electrons. The molecule has 0 aliphatic carbocycles. The lowest BCUT2D eigenvalue weighted by atomic mass is 10.1. The quantitative estimate of drug-likeness (QED) is 0.703. The van der Waals surface area contributed by atoms with E-state index in [-0.39, 0.29) is 11.9 Å². The Labute approximate surface area is 168 Å². The molecule has 2 aromatic heterocycles. The number of hydrogen-bond donors (Lipinski definition) is 2. The molecule has 0 unspecified atom stereocenters. The summed E-state index contributed by atoms with van der Waals surface area (Å²) in [6, 6.07) is 5.53. The molecule has 2 N–H and O–H groups in total. The Morgan fingerprint density at radius 3 is 3.04 bits per heavy atom. The molecule has 3 aromatic rings. The van der Waals surface area contributed by atoms with Crippen molar-refractivity contribution in [3.05, 3.63) is 63.2 Å². The Hall–Kier alpha value is -2.64. The number of H-pyrrole nitrogens is 1. The first-order chi connectivity index (χ1) is 13.5. The van der Waals surface area contributed by atoms with E-state index < -0.39 is 0 Å². The van der Waals surface area contributed by atoms with E-state index in [0.717, 1.165) is 40.2 Å². The summed E-state index contributed by atoms with van der Waals surface area (Å²) in [4.78, 5) is 12.8. The number of benzene rings is 1. The Kier molecular flexibility index (Phi) is 4.95. The highest BCUT2D eigenvalue weighted by molar-refractivity contribution is 6.33. The molecule has 4 rings (SSSR count). The van der Waals surface area contributed by atoms with Crippen LogP contribution in [-0.4, -0.2) is 32.5 Å². The standard InChI is InChI=1S/C20H22ClN5O2/c1-4-13-12(3)24-25-19(13)20(27)23-15-9-28-10-17-14(15)8-22-26(17)16-7-5-6-11(2)18(16)21/h5-8,15H,4,9-10H2,1-3H3,(H,23,27)(H,24,25)/t15-/m1/s1. The van der Waals surface area contributed by atoms with Gasteiger partial charge in [-0.1, -0.05) is 30.7 Å². The highest BCUT2D eigenvalue weighted by atomic mass is 35.5. The minimum absolute atomic E-state index is 0.219. The van der Waals surface area contributed by atoms with Crippen LogP contribution in [0.25, 0.3) is 5.69 Å². The van der Waals surface area contributed by atoms with Crippen LogP contribution in [0, 0.1) is 13.8 Å². The van der Waals surface area contributed by atoms with Gasteiger partial charge in [0.2, 0.25) is 0 Å². The molecule has 8 heteroatoms. The molecular weight excluding hydrogens is 378 g/mol. The summed E-state index contributed by atoms with van der Waals surface area (Å²) in [5.74, 6) is -0.219. The van der Waals surface area contributed by atoms with Gasteiger partial charge in [-0.3, -0.25) is 9.89 Å². The molecule has 1 aliphatic heterocycles. The number of nitrogens with one attached hydrogen (secondary N) is 2. The molecule has 0 spiro atoms. The molecule has 0 bridgehead atoms. The largest absolute Gasteiger partial charge is 0.373 e. The molecule has 1 atom stereocenters. The second kappa shape index (κ2) is 7.41. The van der Waals surface area contributed by atoms with Crippen LogP contribution in [0.15, 0.2) is 24.4 Å². The van der Waals surface area contributed by atoms with Crippen LogP contribution >= 0.6 is 11.6 Å². The van der Waals surface area contributed by atoms with Crippen molar-refractivity contribution in [3.8, 4) is 5.69 Å². The summed E-state index contributed by atoms with van der Waals surface area (Å²) >= 11 is 6.48. The fraction of sp³-hybridized carbons (Fsp3) is 0.350. The van der Waals surface area contributed by atoms with Crippen molar-refractivity contribution in [1.29, 1.82) is 0 Å². The molecule has 0 radical (unpaired) electrons. The van der Waals surface area contributed by atoms with E-state index in [0.29, 0.717) is 23.9 Å². The van der Waals surface area contributed by atoms with E-state index in [1.165, 1.54) is 0 Å². The van der Waals surface area contributed by atoms with Gasteiger partial charge in [-0.15, -0.1) is 0 Å². The number of ether oxygens (including phenoxy) is 1. The van der Waals surface area contributed by atoms with Gasteiger partial charge in [0.05, 0.1) is 41.9 Å². The van der Waals surface area contributed by atoms with Crippen LogP contribution in [0.5, 0.6) is 0 Å². The lowest BCUT2D eigenvalue weighted by Crippen LogP contribution is -2.35. The van der Waals surface area contributed by atoms with Gasteiger partial charge in [0.15, 0.2) is 5.69 Å². The zero-order chi connectivity index (χ0) is 19.8. The summed E-state index contributed by atoms with van der Waals surface area (Å²) in [6.45, 7) is 6.68. The average molecular weight is 400 g/mol. The van der Waals surface area contributed by atoms with Crippen molar-refractivity contribution in [2.75, 3.05) is 6.61 Å². The number of carbonyl (C=O) groups excluding carboxylic acids is 1. The molecule has 28 heavy (non-hydrogen) atoms. The molecule has 0 saturated heterocycles. The minimum Gasteiger partial charge on any atom is -0.373 e. The van der Waals surface area contributed by atoms with E-state index in [2.05, 4.69) is 20.6 Å². The zero-order valence-corrected chi connectivity index (χ0v) is 16.8. The third-order valence-corrected chi connectivity index (χ3v) is 5.64. The Balaban J connectivity index is 1.64. The molecule has 0 fully saturated rings. The number of amides is 1. The number of fused-ring (bicyclic) bond motifs is 1. The van der Waals surface area contributed by atoms with E-state index in [1.807, 2.05) is 39.0 Å². The normalized spacial score (nSPS) is 16.1. The maximum atomic E-state index is 12.8. The molecule has 0 saturated carbocycles. The van der Waals surface area contributed by atoms with E-state index in [4.69, 9.17) is 16.3 Å². The van der Waals surface area contributed by atoms with Crippen LogP contribution in [0.2, 0.25) is 5.02 Å². The van der Waals surface area contributed by atoms with Crippen LogP contribution < -0.4 is 5.32 Å². The van der Waals surface area contributed by atoms with Gasteiger partial charge in [-0.25, -0.2) is 4.68 Å². The molecule has 7 nitrogen and oxygen atoms in total.